The lowest BCUT2D eigenvalue weighted by atomic mass is 10.2. The highest BCUT2D eigenvalue weighted by Crippen LogP contribution is 2.29. The zero-order chi connectivity index (χ0) is 23.5. The number of pyridine rings is 1. The Labute approximate surface area is 181 Å². The molecular weight excluding hydrogens is 427 g/mol. The number of carbonyl (C=O) groups is 2. The molecule has 2 amide bonds. The first-order valence-corrected chi connectivity index (χ1v) is 9.39. The summed E-state index contributed by atoms with van der Waals surface area (Å²) in [6.45, 7) is 1.51. The van der Waals surface area contributed by atoms with Gasteiger partial charge >= 0.3 is 6.18 Å². The van der Waals surface area contributed by atoms with Gasteiger partial charge in [-0.3, -0.25) is 9.59 Å². The number of rotatable bonds is 6. The van der Waals surface area contributed by atoms with Crippen LogP contribution in [-0.4, -0.2) is 52.2 Å². The monoisotopic (exact) mass is 447 g/mol. The van der Waals surface area contributed by atoms with Crippen LogP contribution in [0.1, 0.15) is 21.6 Å². The number of nitrogens with one attached hydrogen (secondary N) is 1. The van der Waals surface area contributed by atoms with Crippen molar-refractivity contribution >= 4 is 17.5 Å². The fourth-order valence-electron chi connectivity index (χ4n) is 2.65. The summed E-state index contributed by atoms with van der Waals surface area (Å²) in [5, 5.41) is 6.78. The number of aromatic nitrogens is 3. The number of halogens is 3. The van der Waals surface area contributed by atoms with Crippen LogP contribution in [0.3, 0.4) is 0 Å². The van der Waals surface area contributed by atoms with Crippen molar-refractivity contribution in [2.45, 2.75) is 13.1 Å². The molecule has 3 rings (SSSR count). The summed E-state index contributed by atoms with van der Waals surface area (Å²) in [4.78, 5) is 29.4. The minimum absolute atomic E-state index is 0.102. The molecule has 0 saturated carbocycles. The number of benzene rings is 1. The van der Waals surface area contributed by atoms with Crippen molar-refractivity contribution in [2.24, 2.45) is 0 Å². The van der Waals surface area contributed by atoms with Crippen LogP contribution in [0.2, 0.25) is 0 Å². The average molecular weight is 447 g/mol. The van der Waals surface area contributed by atoms with Crippen LogP contribution in [0.4, 0.5) is 18.9 Å². The Morgan fingerprint density at radius 1 is 1.09 bits per heavy atom. The van der Waals surface area contributed by atoms with E-state index in [1.165, 1.54) is 21.8 Å². The zero-order valence-electron chi connectivity index (χ0n) is 17.5. The number of amides is 2. The summed E-state index contributed by atoms with van der Waals surface area (Å²) >= 11 is 0. The maximum absolute atomic E-state index is 12.7. The van der Waals surface area contributed by atoms with Gasteiger partial charge in [-0.1, -0.05) is 0 Å². The normalized spacial score (nSPS) is 11.2. The first-order chi connectivity index (χ1) is 15.1. The van der Waals surface area contributed by atoms with Crippen LogP contribution in [0, 0.1) is 6.92 Å². The molecule has 1 aromatic carbocycles. The fourth-order valence-corrected chi connectivity index (χ4v) is 2.65. The summed E-state index contributed by atoms with van der Waals surface area (Å²) in [5.41, 5.74) is 0.268. The van der Waals surface area contributed by atoms with Crippen LogP contribution in [0.25, 0.3) is 5.82 Å². The second-order valence-corrected chi connectivity index (χ2v) is 7.01. The molecule has 2 aromatic heterocycles. The molecule has 168 valence electrons. The van der Waals surface area contributed by atoms with E-state index in [1.54, 1.807) is 45.3 Å². The third-order valence-electron chi connectivity index (χ3n) is 4.52. The third-order valence-corrected chi connectivity index (χ3v) is 4.52. The van der Waals surface area contributed by atoms with Crippen LogP contribution >= 0.6 is 0 Å². The number of ether oxygens (including phenoxy) is 1. The Kier molecular flexibility index (Phi) is 6.47. The molecule has 8 nitrogen and oxygen atoms in total. The van der Waals surface area contributed by atoms with E-state index in [-0.39, 0.29) is 23.9 Å². The average Bonchev–Trinajstić information content (AvgIpc) is 3.13. The molecule has 0 saturated heterocycles. The molecule has 2 heterocycles. The number of likely N-dealkylation sites (N-methyl/N-ethyl adjacent to an activating group) is 1. The Morgan fingerprint density at radius 2 is 1.78 bits per heavy atom. The van der Waals surface area contributed by atoms with E-state index in [9.17, 15) is 22.8 Å². The lowest BCUT2D eigenvalue weighted by Crippen LogP contribution is -2.27. The molecule has 0 aliphatic carbocycles. The minimum atomic E-state index is -4.49. The van der Waals surface area contributed by atoms with Gasteiger partial charge in [-0.15, -0.1) is 0 Å². The van der Waals surface area contributed by atoms with Crippen LogP contribution in [0.15, 0.2) is 48.8 Å². The maximum Gasteiger partial charge on any atom is 0.417 e. The number of alkyl halides is 3. The Morgan fingerprint density at radius 3 is 2.34 bits per heavy atom. The number of hydrogen-bond donors (Lipinski definition) is 1. The molecule has 0 radical (unpaired) electrons. The predicted octanol–water partition coefficient (Wildman–Crippen LogP) is 3.31. The molecule has 0 bridgehead atoms. The molecule has 0 unspecified atom stereocenters. The number of hydrogen-bond acceptors (Lipinski definition) is 5. The van der Waals surface area contributed by atoms with Crippen molar-refractivity contribution in [3.8, 4) is 11.6 Å². The van der Waals surface area contributed by atoms with E-state index in [0.717, 1.165) is 6.07 Å². The van der Waals surface area contributed by atoms with Crippen molar-refractivity contribution in [3.05, 3.63) is 65.6 Å². The number of carbonyl (C=O) groups excluding carboxylic acids is 2. The maximum atomic E-state index is 12.7. The molecular formula is C21H20F3N5O3. The molecule has 0 atom stereocenters. The third kappa shape index (κ3) is 5.23. The first kappa shape index (κ1) is 22.8. The van der Waals surface area contributed by atoms with Gasteiger partial charge in [0.1, 0.15) is 5.75 Å². The quantitative estimate of drug-likeness (QED) is 0.626. The second-order valence-electron chi connectivity index (χ2n) is 7.01. The molecule has 3 aromatic rings. The Balaban J connectivity index is 1.67. The molecule has 0 aliphatic rings. The van der Waals surface area contributed by atoms with Crippen LogP contribution in [-0.2, 0) is 11.0 Å². The van der Waals surface area contributed by atoms with Crippen molar-refractivity contribution in [3.63, 3.8) is 0 Å². The highest BCUT2D eigenvalue weighted by atomic mass is 19.4. The standard InChI is InChI=1S/C21H20F3N5O3/c1-13-17(11-26-29(13)18-9-4-14(10-25-18)21(22,23)24)20(31)27-15-5-7-16(8-6-15)32-12-19(30)28(2)3/h4-11H,12H2,1-3H3,(H,27,31). The van der Waals surface area contributed by atoms with Crippen molar-refractivity contribution in [1.82, 2.24) is 19.7 Å². The summed E-state index contributed by atoms with van der Waals surface area (Å²) in [5.74, 6) is -0.00609. The fraction of sp³-hybridized carbons (Fsp3) is 0.238. The summed E-state index contributed by atoms with van der Waals surface area (Å²) < 4.78 is 44.8. The highest BCUT2D eigenvalue weighted by Gasteiger charge is 2.30. The second kappa shape index (κ2) is 9.08. The summed E-state index contributed by atoms with van der Waals surface area (Å²) in [6, 6.07) is 8.54. The van der Waals surface area contributed by atoms with Crippen LogP contribution < -0.4 is 10.1 Å². The molecule has 11 heteroatoms. The van der Waals surface area contributed by atoms with Crippen molar-refractivity contribution in [2.75, 3.05) is 26.0 Å². The van der Waals surface area contributed by atoms with E-state index in [1.807, 2.05) is 0 Å². The summed E-state index contributed by atoms with van der Waals surface area (Å²) in [6.07, 6.45) is -2.46. The van der Waals surface area contributed by atoms with Crippen molar-refractivity contribution < 1.29 is 27.5 Å². The number of nitrogens with zero attached hydrogens (tertiary/aromatic N) is 4. The SMILES string of the molecule is Cc1c(C(=O)Nc2ccc(OCC(=O)N(C)C)cc2)cnn1-c1ccc(C(F)(F)F)cn1. The van der Waals surface area contributed by atoms with Crippen molar-refractivity contribution in [1.29, 1.82) is 0 Å². The molecule has 0 spiro atoms. The molecule has 0 aliphatic heterocycles. The smallest absolute Gasteiger partial charge is 0.417 e. The van der Waals surface area contributed by atoms with Gasteiger partial charge in [0, 0.05) is 26.0 Å². The van der Waals surface area contributed by atoms with E-state index in [0.29, 0.717) is 23.3 Å². The van der Waals surface area contributed by atoms with Gasteiger partial charge in [-0.05, 0) is 43.3 Å². The first-order valence-electron chi connectivity index (χ1n) is 9.39. The van der Waals surface area contributed by atoms with Gasteiger partial charge in [0.15, 0.2) is 12.4 Å². The van der Waals surface area contributed by atoms with Gasteiger partial charge in [0.05, 0.1) is 23.0 Å². The molecule has 1 N–H and O–H groups in total. The lowest BCUT2D eigenvalue weighted by Gasteiger charge is -2.12. The minimum Gasteiger partial charge on any atom is -0.484 e. The van der Waals surface area contributed by atoms with Gasteiger partial charge < -0.3 is 15.0 Å². The lowest BCUT2D eigenvalue weighted by molar-refractivity contribution is -0.137. The van der Waals surface area contributed by atoms with E-state index in [2.05, 4.69) is 15.4 Å². The largest absolute Gasteiger partial charge is 0.484 e. The summed E-state index contributed by atoms with van der Waals surface area (Å²) in [7, 11) is 3.25. The zero-order valence-corrected chi connectivity index (χ0v) is 17.5. The van der Waals surface area contributed by atoms with Crippen LogP contribution in [0.5, 0.6) is 5.75 Å². The van der Waals surface area contributed by atoms with E-state index < -0.39 is 17.6 Å². The van der Waals surface area contributed by atoms with Gasteiger partial charge in [-0.2, -0.15) is 18.3 Å². The van der Waals surface area contributed by atoms with Gasteiger partial charge in [0.2, 0.25) is 0 Å². The van der Waals surface area contributed by atoms with E-state index >= 15 is 0 Å². The predicted molar refractivity (Wildman–Crippen MR) is 110 cm³/mol. The topological polar surface area (TPSA) is 89.4 Å². The van der Waals surface area contributed by atoms with Gasteiger partial charge in [-0.25, -0.2) is 9.67 Å². The Hall–Kier alpha value is -3.89. The molecule has 32 heavy (non-hydrogen) atoms. The van der Waals surface area contributed by atoms with Gasteiger partial charge in [0.25, 0.3) is 11.8 Å². The Bertz CT molecular complexity index is 1110. The van der Waals surface area contributed by atoms with E-state index in [4.69, 9.17) is 4.74 Å². The highest BCUT2D eigenvalue weighted by molar-refractivity contribution is 6.05. The molecule has 0 fully saturated rings. The number of anilines is 1.